The van der Waals surface area contributed by atoms with Crippen LogP contribution in [0.4, 0.5) is 18.9 Å². The van der Waals surface area contributed by atoms with Crippen molar-refractivity contribution in [1.82, 2.24) is 19.7 Å². The van der Waals surface area contributed by atoms with Gasteiger partial charge in [0.2, 0.25) is 20.0 Å². The number of aromatic amines is 3. The lowest BCUT2D eigenvalue weighted by Gasteiger charge is -2.17. The van der Waals surface area contributed by atoms with Gasteiger partial charge in [-0.3, -0.25) is 10.1 Å². The molecule has 18 heteroatoms. The van der Waals surface area contributed by atoms with Crippen molar-refractivity contribution in [1.29, 1.82) is 0 Å². The number of hydrogen-bond acceptors (Lipinski definition) is 7. The van der Waals surface area contributed by atoms with E-state index in [0.29, 0.717) is 24.0 Å². The van der Waals surface area contributed by atoms with Gasteiger partial charge in [-0.2, -0.15) is 13.2 Å². The van der Waals surface area contributed by atoms with Crippen LogP contribution in [-0.2, 0) is 45.5 Å². The van der Waals surface area contributed by atoms with E-state index in [1.807, 2.05) is 80.8 Å². The lowest BCUT2D eigenvalue weighted by Crippen LogP contribution is -2.35. The third kappa shape index (κ3) is 11.7. The zero-order valence-electron chi connectivity index (χ0n) is 36.0. The number of H-pyrrole nitrogens is 3. The summed E-state index contributed by atoms with van der Waals surface area (Å²) in [5, 5.41) is 19.8. The molecule has 0 aliphatic carbocycles. The lowest BCUT2D eigenvalue weighted by molar-refractivity contribution is -0.385. The van der Waals surface area contributed by atoms with E-state index in [9.17, 15) is 40.1 Å². The molecule has 0 aliphatic heterocycles. The van der Waals surface area contributed by atoms with Crippen LogP contribution in [0, 0.1) is 17.0 Å². The van der Waals surface area contributed by atoms with Crippen molar-refractivity contribution < 1.29 is 34.9 Å². The molecule has 0 radical (unpaired) electrons. The number of alkyl halides is 3. The fraction of sp³-hybridized carbons (Fsp3) is 0.234. The number of para-hydroxylation sites is 3. The highest BCUT2D eigenvalue weighted by Gasteiger charge is 2.37. The Morgan fingerprint density at radius 2 is 1.12 bits per heavy atom. The van der Waals surface area contributed by atoms with E-state index in [2.05, 4.69) is 37.9 Å². The summed E-state index contributed by atoms with van der Waals surface area (Å²) in [6.45, 7) is 7.20. The van der Waals surface area contributed by atoms with Gasteiger partial charge in [-0.05, 0) is 104 Å². The molecule has 65 heavy (non-hydrogen) atoms. The SMILES string of the molecule is CC(Cc1c[nH]c2ccccc12)NS(=O)(=O)c1ccccc1C(F)(F)F.CC(N)Cc1c[nH]c2ccccc12.Cc1c(C(C)Cc2c[nH]c3ccccc23)cc([N+](=O)[O-])cc1S(N)(=O)=O. The van der Waals surface area contributed by atoms with Gasteiger partial charge in [0.25, 0.3) is 5.69 Å². The Morgan fingerprint density at radius 1 is 0.677 bits per heavy atom. The normalized spacial score (nSPS) is 13.4. The zero-order chi connectivity index (χ0) is 47.3. The minimum Gasteiger partial charge on any atom is -0.361 e. The molecule has 0 amide bonds. The van der Waals surface area contributed by atoms with Crippen molar-refractivity contribution in [2.75, 3.05) is 0 Å². The van der Waals surface area contributed by atoms with E-state index < -0.39 is 47.6 Å². The Kier molecular flexibility index (Phi) is 14.7. The van der Waals surface area contributed by atoms with Crippen molar-refractivity contribution in [3.05, 3.63) is 171 Å². The van der Waals surface area contributed by atoms with Crippen LogP contribution in [0.25, 0.3) is 32.7 Å². The molecule has 0 spiro atoms. The van der Waals surface area contributed by atoms with Crippen molar-refractivity contribution in [3.8, 4) is 0 Å². The number of benzene rings is 5. The van der Waals surface area contributed by atoms with Crippen LogP contribution in [0.1, 0.15) is 60.1 Å². The number of halogens is 3. The fourth-order valence-electron chi connectivity index (χ4n) is 7.93. The zero-order valence-corrected chi connectivity index (χ0v) is 37.6. The molecule has 0 aliphatic rings. The van der Waals surface area contributed by atoms with E-state index in [1.54, 1.807) is 20.0 Å². The Labute approximate surface area is 374 Å². The third-order valence-corrected chi connectivity index (χ3v) is 13.6. The van der Waals surface area contributed by atoms with Crippen LogP contribution >= 0.6 is 0 Å². The Bertz CT molecular complexity index is 3180. The van der Waals surface area contributed by atoms with E-state index in [0.717, 1.165) is 63.6 Å². The average molecular weight is 930 g/mol. The van der Waals surface area contributed by atoms with Gasteiger partial charge in [-0.15, -0.1) is 0 Å². The summed E-state index contributed by atoms with van der Waals surface area (Å²) in [5.74, 6) is -0.130. The summed E-state index contributed by atoms with van der Waals surface area (Å²) in [4.78, 5) is 19.2. The van der Waals surface area contributed by atoms with Crippen LogP contribution in [0.5, 0.6) is 0 Å². The lowest BCUT2D eigenvalue weighted by atomic mass is 9.90. The van der Waals surface area contributed by atoms with Gasteiger partial charge < -0.3 is 20.7 Å². The minimum atomic E-state index is -4.74. The molecule has 0 fully saturated rings. The number of non-ortho nitro benzene ring substituents is 1. The summed E-state index contributed by atoms with van der Waals surface area (Å²) in [5.41, 5.74) is 11.7. The number of fused-ring (bicyclic) bond motifs is 3. The van der Waals surface area contributed by atoms with Gasteiger partial charge in [-0.1, -0.05) is 73.7 Å². The van der Waals surface area contributed by atoms with Crippen LogP contribution in [0.15, 0.2) is 138 Å². The topological polar surface area (TPSA) is 223 Å². The van der Waals surface area contributed by atoms with Crippen molar-refractivity contribution in [2.24, 2.45) is 10.9 Å². The molecule has 0 bridgehead atoms. The molecule has 3 atom stereocenters. The standard InChI is InChI=1S/C18H17F3N2O2S.C18H19N3O4S.C11H14N2/c1-12(10-13-11-22-16-8-4-2-6-14(13)16)23-26(24,25)17-9-5-3-7-15(17)18(19,20)21;1-11(7-13-10-20-17-6-4-3-5-15(13)17)16-8-14(21(22)23)9-18(12(16)2)26(19,24)25;1-8(12)6-9-7-13-11-5-3-2-4-10(9)11/h2-9,11-12,22-23H,10H2,1H3;3-6,8-11,20H,7H2,1-2H3,(H2,19,24,25);2-5,7-8,13H,6,12H2,1H3. The molecule has 5 aromatic carbocycles. The highest BCUT2D eigenvalue weighted by atomic mass is 32.2. The smallest absolute Gasteiger partial charge is 0.361 e. The Balaban J connectivity index is 0.000000171. The molecule has 3 aromatic heterocycles. The first kappa shape index (κ1) is 48.2. The minimum absolute atomic E-state index is 0.130. The van der Waals surface area contributed by atoms with Crippen LogP contribution < -0.4 is 15.6 Å². The van der Waals surface area contributed by atoms with Crippen LogP contribution in [0.3, 0.4) is 0 Å². The molecule has 8 aromatic rings. The number of hydrogen-bond donors (Lipinski definition) is 6. The number of nitro benzene ring substituents is 1. The highest BCUT2D eigenvalue weighted by Crippen LogP contribution is 2.35. The third-order valence-electron chi connectivity index (χ3n) is 10.9. The molecular weight excluding hydrogens is 880 g/mol. The summed E-state index contributed by atoms with van der Waals surface area (Å²) in [6, 6.07) is 30.0. The Hall–Kier alpha value is -6.31. The molecule has 0 saturated heterocycles. The molecule has 8 rings (SSSR count). The predicted octanol–water partition coefficient (Wildman–Crippen LogP) is 9.53. The molecule has 8 N–H and O–H groups in total. The monoisotopic (exact) mass is 929 g/mol. The maximum Gasteiger partial charge on any atom is 0.417 e. The first-order valence-electron chi connectivity index (χ1n) is 20.5. The maximum absolute atomic E-state index is 13.1. The Morgan fingerprint density at radius 3 is 1.58 bits per heavy atom. The second-order valence-electron chi connectivity index (χ2n) is 16.0. The maximum atomic E-state index is 13.1. The number of nitro groups is 1. The van der Waals surface area contributed by atoms with Crippen LogP contribution in [0.2, 0.25) is 0 Å². The van der Waals surface area contributed by atoms with Crippen molar-refractivity contribution >= 4 is 58.4 Å². The number of primary sulfonamides is 1. The van der Waals surface area contributed by atoms with Crippen molar-refractivity contribution in [2.45, 2.75) is 80.9 Å². The summed E-state index contributed by atoms with van der Waals surface area (Å²) in [6.07, 6.45) is 2.88. The largest absolute Gasteiger partial charge is 0.417 e. The number of nitrogens with one attached hydrogen (secondary N) is 4. The molecule has 13 nitrogen and oxygen atoms in total. The first-order valence-corrected chi connectivity index (χ1v) is 23.6. The van der Waals surface area contributed by atoms with E-state index in [1.165, 1.54) is 28.6 Å². The second-order valence-corrected chi connectivity index (χ2v) is 19.3. The average Bonchev–Trinajstić information content (AvgIpc) is 3.97. The number of aromatic nitrogens is 3. The second kappa shape index (κ2) is 19.8. The fourth-order valence-corrected chi connectivity index (χ4v) is 10.2. The van der Waals surface area contributed by atoms with Gasteiger partial charge in [0, 0.05) is 75.5 Å². The van der Waals surface area contributed by atoms with E-state index >= 15 is 0 Å². The van der Waals surface area contributed by atoms with E-state index in [4.69, 9.17) is 10.9 Å². The predicted molar refractivity (Wildman–Crippen MR) is 249 cm³/mol. The summed E-state index contributed by atoms with van der Waals surface area (Å²) >= 11 is 0. The van der Waals surface area contributed by atoms with Gasteiger partial charge in [0.15, 0.2) is 0 Å². The number of nitrogens with zero attached hydrogens (tertiary/aromatic N) is 1. The van der Waals surface area contributed by atoms with Gasteiger partial charge >= 0.3 is 6.18 Å². The number of nitrogens with two attached hydrogens (primary N) is 2. The van der Waals surface area contributed by atoms with Gasteiger partial charge in [0.1, 0.15) is 0 Å². The van der Waals surface area contributed by atoms with E-state index in [-0.39, 0.29) is 22.5 Å². The highest BCUT2D eigenvalue weighted by molar-refractivity contribution is 7.89. The number of sulfonamides is 2. The molecule has 3 heterocycles. The van der Waals surface area contributed by atoms with Crippen LogP contribution in [-0.4, -0.2) is 48.8 Å². The molecule has 342 valence electrons. The quantitative estimate of drug-likeness (QED) is 0.0514. The molecule has 3 unspecified atom stereocenters. The summed E-state index contributed by atoms with van der Waals surface area (Å²) in [7, 11) is -8.36. The first-order chi connectivity index (χ1) is 30.6. The van der Waals surface area contributed by atoms with Gasteiger partial charge in [0.05, 0.1) is 20.3 Å². The summed E-state index contributed by atoms with van der Waals surface area (Å²) < 4.78 is 90.3. The molecular formula is C47H50F3N7O6S2. The van der Waals surface area contributed by atoms with Gasteiger partial charge in [-0.25, -0.2) is 26.7 Å². The number of rotatable bonds is 12. The van der Waals surface area contributed by atoms with Crippen molar-refractivity contribution in [3.63, 3.8) is 0 Å². The molecule has 0 saturated carbocycles.